The fourth-order valence-corrected chi connectivity index (χ4v) is 1.79. The third kappa shape index (κ3) is 1.74. The minimum atomic E-state index is 0.402. The number of aryl methyl sites for hydroxylation is 1. The maximum Gasteiger partial charge on any atom is 0.171 e. The highest BCUT2D eigenvalue weighted by Gasteiger charge is 2.08. The van der Waals surface area contributed by atoms with E-state index in [4.69, 9.17) is 11.6 Å². The number of hydrogen-bond donors (Lipinski definition) is 0. The van der Waals surface area contributed by atoms with Gasteiger partial charge in [-0.05, 0) is 18.6 Å². The lowest BCUT2D eigenvalue weighted by atomic mass is 10.2. The lowest BCUT2D eigenvalue weighted by molar-refractivity contribution is 1.07. The Balaban J connectivity index is 2.24. The molecule has 17 heavy (non-hydrogen) atoms. The molecular formula is C11H8ClN5. The first-order chi connectivity index (χ1) is 8.24. The Bertz CT molecular complexity index is 691. The van der Waals surface area contributed by atoms with Gasteiger partial charge in [0, 0.05) is 24.0 Å². The van der Waals surface area contributed by atoms with Crippen molar-refractivity contribution in [1.82, 2.24) is 24.6 Å². The molecule has 0 N–H and O–H groups in total. The smallest absolute Gasteiger partial charge is 0.171 e. The molecule has 0 spiro atoms. The van der Waals surface area contributed by atoms with Crippen LogP contribution in [0.3, 0.4) is 0 Å². The number of hydrogen-bond acceptors (Lipinski definition) is 4. The van der Waals surface area contributed by atoms with E-state index in [2.05, 4.69) is 20.2 Å². The number of pyridine rings is 1. The van der Waals surface area contributed by atoms with Gasteiger partial charge >= 0.3 is 0 Å². The summed E-state index contributed by atoms with van der Waals surface area (Å²) in [5, 5.41) is 8.57. The van der Waals surface area contributed by atoms with Crippen LogP contribution < -0.4 is 0 Å². The SMILES string of the molecule is Cc1cncc(-c2nnc3cc(Cl)ncn23)c1. The van der Waals surface area contributed by atoms with E-state index in [1.54, 1.807) is 29.2 Å². The summed E-state index contributed by atoms with van der Waals surface area (Å²) in [4.78, 5) is 8.15. The van der Waals surface area contributed by atoms with Crippen LogP contribution in [0, 0.1) is 6.92 Å². The van der Waals surface area contributed by atoms with Gasteiger partial charge in [0.2, 0.25) is 0 Å². The molecule has 0 bridgehead atoms. The van der Waals surface area contributed by atoms with E-state index in [1.807, 2.05) is 13.0 Å². The molecular weight excluding hydrogens is 238 g/mol. The highest BCUT2D eigenvalue weighted by Crippen LogP contribution is 2.18. The van der Waals surface area contributed by atoms with Crippen LogP contribution >= 0.6 is 11.6 Å². The number of fused-ring (bicyclic) bond motifs is 1. The van der Waals surface area contributed by atoms with Gasteiger partial charge in [-0.1, -0.05) is 11.6 Å². The predicted octanol–water partition coefficient (Wildman–Crippen LogP) is 2.15. The van der Waals surface area contributed by atoms with E-state index in [1.165, 1.54) is 0 Å². The minimum absolute atomic E-state index is 0.402. The second kappa shape index (κ2) is 3.78. The van der Waals surface area contributed by atoms with Gasteiger partial charge in [0.25, 0.3) is 0 Å². The van der Waals surface area contributed by atoms with E-state index in [-0.39, 0.29) is 0 Å². The minimum Gasteiger partial charge on any atom is -0.265 e. The van der Waals surface area contributed by atoms with Crippen molar-refractivity contribution in [2.75, 3.05) is 0 Å². The summed E-state index contributed by atoms with van der Waals surface area (Å²) in [6.07, 6.45) is 5.15. The number of nitrogens with zero attached hydrogens (tertiary/aromatic N) is 5. The molecule has 0 fully saturated rings. The molecule has 0 aliphatic heterocycles. The third-order valence-electron chi connectivity index (χ3n) is 2.40. The van der Waals surface area contributed by atoms with Gasteiger partial charge in [-0.15, -0.1) is 10.2 Å². The molecule has 5 nitrogen and oxygen atoms in total. The van der Waals surface area contributed by atoms with Crippen molar-refractivity contribution in [2.45, 2.75) is 6.92 Å². The predicted molar refractivity (Wildman–Crippen MR) is 63.8 cm³/mol. The molecule has 0 aromatic carbocycles. The zero-order valence-corrected chi connectivity index (χ0v) is 9.76. The molecule has 3 aromatic heterocycles. The van der Waals surface area contributed by atoms with Crippen LogP contribution in [0.1, 0.15) is 5.56 Å². The summed E-state index contributed by atoms with van der Waals surface area (Å²) >= 11 is 5.79. The fraction of sp³-hybridized carbons (Fsp3) is 0.0909. The number of aromatic nitrogens is 5. The molecule has 84 valence electrons. The van der Waals surface area contributed by atoms with Gasteiger partial charge < -0.3 is 0 Å². The van der Waals surface area contributed by atoms with Crippen LogP contribution in [0.2, 0.25) is 5.15 Å². The van der Waals surface area contributed by atoms with Gasteiger partial charge in [-0.25, -0.2) is 4.98 Å². The highest BCUT2D eigenvalue weighted by molar-refractivity contribution is 6.29. The van der Waals surface area contributed by atoms with Crippen molar-refractivity contribution in [1.29, 1.82) is 0 Å². The largest absolute Gasteiger partial charge is 0.265 e. The number of halogens is 1. The van der Waals surface area contributed by atoms with Crippen molar-refractivity contribution in [3.63, 3.8) is 0 Å². The zero-order valence-electron chi connectivity index (χ0n) is 9.00. The van der Waals surface area contributed by atoms with Crippen molar-refractivity contribution < 1.29 is 0 Å². The average Bonchev–Trinajstić information content (AvgIpc) is 2.71. The van der Waals surface area contributed by atoms with Crippen LogP contribution in [0.5, 0.6) is 0 Å². The van der Waals surface area contributed by atoms with Gasteiger partial charge in [-0.3, -0.25) is 9.38 Å². The van der Waals surface area contributed by atoms with Crippen LogP contribution in [0.25, 0.3) is 17.0 Å². The first-order valence-electron chi connectivity index (χ1n) is 5.02. The Morgan fingerprint density at radius 1 is 1.18 bits per heavy atom. The summed E-state index contributed by atoms with van der Waals surface area (Å²) < 4.78 is 1.78. The quantitative estimate of drug-likeness (QED) is 0.617. The maximum atomic E-state index is 5.79. The first kappa shape index (κ1) is 10.2. The molecule has 3 rings (SSSR count). The summed E-state index contributed by atoms with van der Waals surface area (Å²) in [6, 6.07) is 3.67. The molecule has 0 aliphatic rings. The van der Waals surface area contributed by atoms with Gasteiger partial charge in [0.05, 0.1) is 0 Å². The maximum absolute atomic E-state index is 5.79. The normalized spacial score (nSPS) is 10.9. The Morgan fingerprint density at radius 3 is 2.88 bits per heavy atom. The monoisotopic (exact) mass is 245 g/mol. The Labute approximate surface area is 102 Å². The molecule has 0 atom stereocenters. The standard InChI is InChI=1S/C11H8ClN5/c1-7-2-8(5-13-4-7)11-16-15-10-3-9(12)14-6-17(10)11/h2-6H,1H3. The van der Waals surface area contributed by atoms with E-state index < -0.39 is 0 Å². The van der Waals surface area contributed by atoms with Crippen molar-refractivity contribution >= 4 is 17.2 Å². The average molecular weight is 246 g/mol. The van der Waals surface area contributed by atoms with E-state index in [0.717, 1.165) is 11.1 Å². The fourth-order valence-electron chi connectivity index (χ4n) is 1.65. The molecule has 0 saturated heterocycles. The molecule has 3 aromatic rings. The Morgan fingerprint density at radius 2 is 2.06 bits per heavy atom. The summed E-state index contributed by atoms with van der Waals surface area (Å²) in [5.41, 5.74) is 2.64. The summed E-state index contributed by atoms with van der Waals surface area (Å²) in [7, 11) is 0. The van der Waals surface area contributed by atoms with Gasteiger partial charge in [0.15, 0.2) is 11.5 Å². The Kier molecular flexibility index (Phi) is 2.26. The van der Waals surface area contributed by atoms with Crippen LogP contribution in [0.15, 0.2) is 30.9 Å². The molecule has 0 aliphatic carbocycles. The van der Waals surface area contributed by atoms with E-state index >= 15 is 0 Å². The molecule has 6 heteroatoms. The van der Waals surface area contributed by atoms with Crippen LogP contribution in [-0.2, 0) is 0 Å². The molecule has 0 amide bonds. The van der Waals surface area contributed by atoms with E-state index in [0.29, 0.717) is 16.6 Å². The highest BCUT2D eigenvalue weighted by atomic mass is 35.5. The number of rotatable bonds is 1. The van der Waals surface area contributed by atoms with Crippen molar-refractivity contribution in [2.24, 2.45) is 0 Å². The molecule has 0 radical (unpaired) electrons. The zero-order chi connectivity index (χ0) is 11.8. The molecule has 3 heterocycles. The van der Waals surface area contributed by atoms with Crippen LogP contribution in [-0.4, -0.2) is 24.6 Å². The first-order valence-corrected chi connectivity index (χ1v) is 5.40. The topological polar surface area (TPSA) is 56.0 Å². The molecule has 0 unspecified atom stereocenters. The third-order valence-corrected chi connectivity index (χ3v) is 2.61. The Hall–Kier alpha value is -2.01. The van der Waals surface area contributed by atoms with E-state index in [9.17, 15) is 0 Å². The summed E-state index contributed by atoms with van der Waals surface area (Å²) in [5.74, 6) is 0.709. The van der Waals surface area contributed by atoms with Crippen molar-refractivity contribution in [3.8, 4) is 11.4 Å². The van der Waals surface area contributed by atoms with Crippen LogP contribution in [0.4, 0.5) is 0 Å². The van der Waals surface area contributed by atoms with Crippen molar-refractivity contribution in [3.05, 3.63) is 41.6 Å². The molecule has 0 saturated carbocycles. The lowest BCUT2D eigenvalue weighted by Gasteiger charge is -2.00. The lowest BCUT2D eigenvalue weighted by Crippen LogP contribution is -1.92. The second-order valence-corrected chi connectivity index (χ2v) is 4.10. The van der Waals surface area contributed by atoms with Gasteiger partial charge in [-0.2, -0.15) is 0 Å². The van der Waals surface area contributed by atoms with Gasteiger partial charge in [0.1, 0.15) is 11.5 Å². The summed E-state index contributed by atoms with van der Waals surface area (Å²) in [6.45, 7) is 1.98. The second-order valence-electron chi connectivity index (χ2n) is 3.71.